The summed E-state index contributed by atoms with van der Waals surface area (Å²) in [6.07, 6.45) is 7.62. The van der Waals surface area contributed by atoms with E-state index >= 15 is 0 Å². The molecular formula is C21H31N3O3S. The van der Waals surface area contributed by atoms with Crippen LogP contribution in [0.4, 0.5) is 5.69 Å². The second kappa shape index (κ2) is 8.13. The molecule has 1 aromatic carbocycles. The largest absolute Gasteiger partial charge is 0.309 e. The van der Waals surface area contributed by atoms with E-state index in [4.69, 9.17) is 0 Å². The molecule has 0 bridgehead atoms. The zero-order chi connectivity index (χ0) is 19.7. The van der Waals surface area contributed by atoms with Crippen molar-refractivity contribution in [2.24, 2.45) is 5.92 Å². The summed E-state index contributed by atoms with van der Waals surface area (Å²) in [7, 11) is -3.53. The van der Waals surface area contributed by atoms with Gasteiger partial charge < -0.3 is 9.80 Å². The highest BCUT2D eigenvalue weighted by Crippen LogP contribution is 2.39. The minimum atomic E-state index is -3.53. The maximum absolute atomic E-state index is 12.7. The molecule has 4 rings (SSSR count). The molecule has 2 fully saturated rings. The summed E-state index contributed by atoms with van der Waals surface area (Å²) in [5.74, 6) is 0.356. The Morgan fingerprint density at radius 2 is 1.86 bits per heavy atom. The van der Waals surface area contributed by atoms with Gasteiger partial charge in [-0.25, -0.2) is 13.1 Å². The van der Waals surface area contributed by atoms with Crippen molar-refractivity contribution in [1.82, 2.24) is 9.62 Å². The van der Waals surface area contributed by atoms with E-state index in [-0.39, 0.29) is 17.9 Å². The standard InChI is InChI=1S/C21H31N3O3S/c1-16-14-18-15-19(8-9-20(18)24(16)21(25)17-6-7-17)28(26,27)22-10-13-23-11-4-2-3-5-12-23/h8-9,15-17,22H,2-7,10-14H2,1H3/t16-/m1/s1. The number of fused-ring (bicyclic) bond motifs is 1. The Hall–Kier alpha value is -1.44. The van der Waals surface area contributed by atoms with Crippen LogP contribution in [0.1, 0.15) is 51.0 Å². The van der Waals surface area contributed by atoms with E-state index in [1.54, 1.807) is 12.1 Å². The van der Waals surface area contributed by atoms with Crippen LogP contribution in [-0.2, 0) is 21.2 Å². The SMILES string of the molecule is C[C@@H]1Cc2cc(S(=O)(=O)NCCN3CCCCCC3)ccc2N1C(=O)C1CC1. The molecule has 1 N–H and O–H groups in total. The molecule has 0 radical (unpaired) electrons. The molecule has 1 saturated carbocycles. The molecule has 28 heavy (non-hydrogen) atoms. The molecule has 3 aliphatic rings. The van der Waals surface area contributed by atoms with Gasteiger partial charge in [0.05, 0.1) is 4.90 Å². The summed E-state index contributed by atoms with van der Waals surface area (Å²) in [5, 5.41) is 0. The number of likely N-dealkylation sites (tertiary alicyclic amines) is 1. The average Bonchev–Trinajstić information content (AvgIpc) is 3.47. The van der Waals surface area contributed by atoms with Crippen LogP contribution in [-0.4, -0.2) is 51.4 Å². The van der Waals surface area contributed by atoms with Crippen LogP contribution in [0, 0.1) is 5.92 Å². The normalized spacial score (nSPS) is 23.5. The molecule has 154 valence electrons. The summed E-state index contributed by atoms with van der Waals surface area (Å²) >= 11 is 0. The van der Waals surface area contributed by atoms with Gasteiger partial charge in [0.15, 0.2) is 0 Å². The molecule has 7 heteroatoms. The minimum absolute atomic E-state index is 0.0945. The van der Waals surface area contributed by atoms with Crippen molar-refractivity contribution in [3.63, 3.8) is 0 Å². The first-order chi connectivity index (χ1) is 13.5. The summed E-state index contributed by atoms with van der Waals surface area (Å²) in [6.45, 7) is 5.34. The Morgan fingerprint density at radius 1 is 1.14 bits per heavy atom. The van der Waals surface area contributed by atoms with Gasteiger partial charge in [-0.1, -0.05) is 12.8 Å². The Bertz CT molecular complexity index is 827. The van der Waals surface area contributed by atoms with E-state index in [1.807, 2.05) is 17.9 Å². The Labute approximate surface area is 168 Å². The number of nitrogens with zero attached hydrogens (tertiary/aromatic N) is 2. The highest BCUT2D eigenvalue weighted by Gasteiger charge is 2.39. The molecule has 1 aliphatic carbocycles. The van der Waals surface area contributed by atoms with Crippen LogP contribution in [0.25, 0.3) is 0 Å². The number of nitrogens with one attached hydrogen (secondary N) is 1. The number of benzene rings is 1. The van der Waals surface area contributed by atoms with Crippen LogP contribution >= 0.6 is 0 Å². The summed E-state index contributed by atoms with van der Waals surface area (Å²) in [6, 6.07) is 5.29. The summed E-state index contributed by atoms with van der Waals surface area (Å²) in [4.78, 5) is 17.1. The Kier molecular flexibility index (Phi) is 5.76. The van der Waals surface area contributed by atoms with Crippen molar-refractivity contribution in [3.05, 3.63) is 23.8 Å². The number of sulfonamides is 1. The lowest BCUT2D eigenvalue weighted by Crippen LogP contribution is -2.36. The molecule has 1 aromatic rings. The van der Waals surface area contributed by atoms with Gasteiger partial charge in [-0.15, -0.1) is 0 Å². The van der Waals surface area contributed by atoms with Gasteiger partial charge in [0.2, 0.25) is 15.9 Å². The first kappa shape index (κ1) is 19.9. The zero-order valence-electron chi connectivity index (χ0n) is 16.7. The van der Waals surface area contributed by atoms with Crippen LogP contribution in [0.2, 0.25) is 0 Å². The van der Waals surface area contributed by atoms with E-state index in [9.17, 15) is 13.2 Å². The molecule has 1 saturated heterocycles. The highest BCUT2D eigenvalue weighted by molar-refractivity contribution is 7.89. The number of hydrogen-bond acceptors (Lipinski definition) is 4. The van der Waals surface area contributed by atoms with Gasteiger partial charge in [-0.05, 0) is 75.9 Å². The van der Waals surface area contributed by atoms with E-state index in [2.05, 4.69) is 9.62 Å². The maximum atomic E-state index is 12.7. The fourth-order valence-electron chi connectivity index (χ4n) is 4.42. The van der Waals surface area contributed by atoms with E-state index in [0.29, 0.717) is 17.9 Å². The van der Waals surface area contributed by atoms with Crippen molar-refractivity contribution in [2.75, 3.05) is 31.1 Å². The van der Waals surface area contributed by atoms with Crippen LogP contribution in [0.5, 0.6) is 0 Å². The molecule has 1 atom stereocenters. The third-order valence-electron chi connectivity index (χ3n) is 6.16. The lowest BCUT2D eigenvalue weighted by molar-refractivity contribution is -0.120. The van der Waals surface area contributed by atoms with Crippen LogP contribution < -0.4 is 9.62 Å². The molecule has 2 heterocycles. The van der Waals surface area contributed by atoms with Gasteiger partial charge in [0, 0.05) is 30.7 Å². The first-order valence-electron chi connectivity index (χ1n) is 10.6. The fourth-order valence-corrected chi connectivity index (χ4v) is 5.49. The summed E-state index contributed by atoms with van der Waals surface area (Å²) < 4.78 is 28.3. The lowest BCUT2D eigenvalue weighted by Gasteiger charge is -2.22. The topological polar surface area (TPSA) is 69.7 Å². The average molecular weight is 406 g/mol. The highest BCUT2D eigenvalue weighted by atomic mass is 32.2. The predicted octanol–water partition coefficient (Wildman–Crippen LogP) is 2.53. The second-order valence-corrected chi connectivity index (χ2v) is 10.2. The van der Waals surface area contributed by atoms with E-state index < -0.39 is 10.0 Å². The van der Waals surface area contributed by atoms with Crippen molar-refractivity contribution < 1.29 is 13.2 Å². The molecular weight excluding hydrogens is 374 g/mol. The van der Waals surface area contributed by atoms with E-state index in [0.717, 1.165) is 43.7 Å². The van der Waals surface area contributed by atoms with E-state index in [1.165, 1.54) is 25.7 Å². The molecule has 2 aliphatic heterocycles. The molecule has 0 spiro atoms. The third-order valence-corrected chi connectivity index (χ3v) is 7.62. The number of carbonyl (C=O) groups excluding carboxylic acids is 1. The molecule has 6 nitrogen and oxygen atoms in total. The first-order valence-corrected chi connectivity index (χ1v) is 12.1. The monoisotopic (exact) mass is 405 g/mol. The van der Waals surface area contributed by atoms with Gasteiger partial charge in [-0.3, -0.25) is 4.79 Å². The Morgan fingerprint density at radius 3 is 2.54 bits per heavy atom. The van der Waals surface area contributed by atoms with Gasteiger partial charge in [0.1, 0.15) is 0 Å². The van der Waals surface area contributed by atoms with Crippen molar-refractivity contribution in [3.8, 4) is 0 Å². The van der Waals surface area contributed by atoms with Crippen molar-refractivity contribution in [1.29, 1.82) is 0 Å². The number of anilines is 1. The lowest BCUT2D eigenvalue weighted by atomic mass is 10.1. The van der Waals surface area contributed by atoms with Crippen molar-refractivity contribution in [2.45, 2.75) is 62.8 Å². The quantitative estimate of drug-likeness (QED) is 0.790. The minimum Gasteiger partial charge on any atom is -0.309 e. The Balaban J connectivity index is 1.41. The predicted molar refractivity (Wildman–Crippen MR) is 110 cm³/mol. The third kappa shape index (κ3) is 4.26. The van der Waals surface area contributed by atoms with Gasteiger partial charge in [-0.2, -0.15) is 0 Å². The number of rotatable bonds is 6. The van der Waals surface area contributed by atoms with Gasteiger partial charge in [0.25, 0.3) is 0 Å². The molecule has 0 unspecified atom stereocenters. The smallest absolute Gasteiger partial charge is 0.240 e. The molecule has 1 amide bonds. The van der Waals surface area contributed by atoms with Crippen molar-refractivity contribution >= 4 is 21.6 Å². The number of carbonyl (C=O) groups is 1. The van der Waals surface area contributed by atoms with Crippen LogP contribution in [0.15, 0.2) is 23.1 Å². The zero-order valence-corrected chi connectivity index (χ0v) is 17.5. The van der Waals surface area contributed by atoms with Crippen LogP contribution in [0.3, 0.4) is 0 Å². The maximum Gasteiger partial charge on any atom is 0.240 e. The summed E-state index contributed by atoms with van der Waals surface area (Å²) in [5.41, 5.74) is 1.84. The fraction of sp³-hybridized carbons (Fsp3) is 0.667. The number of hydrogen-bond donors (Lipinski definition) is 1. The molecule has 0 aromatic heterocycles. The second-order valence-electron chi connectivity index (χ2n) is 8.48. The van der Waals surface area contributed by atoms with Gasteiger partial charge >= 0.3 is 0 Å². The number of amides is 1.